The maximum atomic E-state index is 12.8. The maximum absolute atomic E-state index is 12.8. The zero-order valence-corrected chi connectivity index (χ0v) is 17.0. The maximum Gasteiger partial charge on any atom is 0.296 e. The summed E-state index contributed by atoms with van der Waals surface area (Å²) >= 11 is 0. The fraction of sp³-hybridized carbons (Fsp3) is 0.316. The minimum absolute atomic E-state index is 0.0879. The molecule has 0 unspecified atom stereocenters. The van der Waals surface area contributed by atoms with Gasteiger partial charge in [0.15, 0.2) is 17.1 Å². The second kappa shape index (κ2) is 9.49. The summed E-state index contributed by atoms with van der Waals surface area (Å²) in [6.07, 6.45) is 1.31. The van der Waals surface area contributed by atoms with Crippen LogP contribution in [-0.4, -0.2) is 25.6 Å². The van der Waals surface area contributed by atoms with Crippen molar-refractivity contribution in [1.29, 1.82) is 5.26 Å². The number of nitriles is 1. The summed E-state index contributed by atoms with van der Waals surface area (Å²) in [5, 5.41) is 50.9. The van der Waals surface area contributed by atoms with Crippen LogP contribution >= 0.6 is 0 Å². The van der Waals surface area contributed by atoms with Gasteiger partial charge in [0.25, 0.3) is 11.2 Å². The van der Waals surface area contributed by atoms with Gasteiger partial charge in [-0.3, -0.25) is 24.3 Å². The van der Waals surface area contributed by atoms with Crippen molar-refractivity contribution in [2.75, 3.05) is 5.32 Å². The Balaban J connectivity index is 2.65. The van der Waals surface area contributed by atoms with Crippen molar-refractivity contribution >= 4 is 28.7 Å². The highest BCUT2D eigenvalue weighted by molar-refractivity contribution is 5.95. The number of carbonyl (C=O) groups excluding carboxylic acids is 1. The number of nitrogens with one attached hydrogen (secondary N) is 1. The molecule has 0 atom stereocenters. The van der Waals surface area contributed by atoms with E-state index in [1.54, 1.807) is 0 Å². The molecule has 0 radical (unpaired) electrons. The molecule has 3 N–H and O–H groups in total. The van der Waals surface area contributed by atoms with E-state index in [0.29, 0.717) is 6.42 Å². The first-order valence-electron chi connectivity index (χ1n) is 9.20. The number of unbranched alkanes of at least 4 members (excludes halogenated alkanes) is 1. The van der Waals surface area contributed by atoms with Crippen molar-refractivity contribution in [1.82, 2.24) is 4.57 Å². The molecule has 0 bridgehead atoms. The van der Waals surface area contributed by atoms with Crippen LogP contribution < -0.4 is 10.9 Å². The van der Waals surface area contributed by atoms with Gasteiger partial charge in [-0.15, -0.1) is 10.2 Å². The Hall–Kier alpha value is -4.27. The number of phenolic OH excluding ortho intramolecular Hbond substituents is 1. The molecule has 0 saturated heterocycles. The smallest absolute Gasteiger partial charge is 0.296 e. The second-order valence-corrected chi connectivity index (χ2v) is 6.56. The third-order valence-corrected chi connectivity index (χ3v) is 4.39. The summed E-state index contributed by atoms with van der Waals surface area (Å²) < 4.78 is 1.02. The number of azo groups is 1. The molecule has 162 valence electrons. The molecule has 0 fully saturated rings. The van der Waals surface area contributed by atoms with E-state index in [1.165, 1.54) is 6.92 Å². The van der Waals surface area contributed by atoms with Crippen LogP contribution in [0.2, 0.25) is 0 Å². The summed E-state index contributed by atoms with van der Waals surface area (Å²) in [6.45, 7) is 4.58. The standard InChI is InChI=1S/C19H20N6O6/c1-4-5-8-24-18(28)12(9-20)10(2)15(19(24)29)23-22-13-6-7-14(25(30)31)16(17(13)27)21-11(3)26/h6-7,27-28H,4-5,8H2,1-3H3,(H,21,26). The number of nitro benzene ring substituents is 1. The lowest BCUT2D eigenvalue weighted by atomic mass is 10.1. The fourth-order valence-corrected chi connectivity index (χ4v) is 2.79. The number of amides is 1. The van der Waals surface area contributed by atoms with Crippen LogP contribution in [0.5, 0.6) is 11.6 Å². The van der Waals surface area contributed by atoms with Crippen molar-refractivity contribution in [3.63, 3.8) is 0 Å². The number of phenols is 1. The van der Waals surface area contributed by atoms with Gasteiger partial charge in [0.05, 0.1) is 4.92 Å². The van der Waals surface area contributed by atoms with Gasteiger partial charge in [0.2, 0.25) is 11.8 Å². The Morgan fingerprint density at radius 1 is 1.35 bits per heavy atom. The van der Waals surface area contributed by atoms with Gasteiger partial charge in [-0.2, -0.15) is 5.26 Å². The molecule has 0 aliphatic rings. The zero-order chi connectivity index (χ0) is 23.3. The minimum Gasteiger partial charge on any atom is -0.504 e. The number of nitrogens with zero attached hydrogens (tertiary/aromatic N) is 5. The Morgan fingerprint density at radius 2 is 2.03 bits per heavy atom. The summed E-state index contributed by atoms with van der Waals surface area (Å²) in [7, 11) is 0. The molecule has 0 aliphatic carbocycles. The molecule has 31 heavy (non-hydrogen) atoms. The van der Waals surface area contributed by atoms with Crippen LogP contribution in [0, 0.1) is 28.4 Å². The van der Waals surface area contributed by atoms with E-state index in [1.807, 2.05) is 13.0 Å². The van der Waals surface area contributed by atoms with Crippen LogP contribution in [-0.2, 0) is 11.3 Å². The van der Waals surface area contributed by atoms with Crippen molar-refractivity contribution in [2.24, 2.45) is 10.2 Å². The Morgan fingerprint density at radius 3 is 2.58 bits per heavy atom. The van der Waals surface area contributed by atoms with Crippen LogP contribution in [0.1, 0.15) is 37.8 Å². The van der Waals surface area contributed by atoms with E-state index in [-0.39, 0.29) is 29.0 Å². The molecule has 1 aromatic carbocycles. The molecule has 0 spiro atoms. The monoisotopic (exact) mass is 428 g/mol. The van der Waals surface area contributed by atoms with Crippen molar-refractivity contribution in [3.05, 3.63) is 43.7 Å². The molecular weight excluding hydrogens is 408 g/mol. The first-order chi connectivity index (χ1) is 14.6. The second-order valence-electron chi connectivity index (χ2n) is 6.56. The van der Waals surface area contributed by atoms with Crippen LogP contribution in [0.3, 0.4) is 0 Å². The van der Waals surface area contributed by atoms with E-state index >= 15 is 0 Å². The molecule has 0 aliphatic heterocycles. The zero-order valence-electron chi connectivity index (χ0n) is 17.0. The van der Waals surface area contributed by atoms with Crippen LogP contribution in [0.25, 0.3) is 0 Å². The lowest BCUT2D eigenvalue weighted by Gasteiger charge is -2.12. The van der Waals surface area contributed by atoms with Gasteiger partial charge in [0, 0.05) is 25.1 Å². The van der Waals surface area contributed by atoms with Crippen LogP contribution in [0.15, 0.2) is 27.2 Å². The number of benzene rings is 1. The highest BCUT2D eigenvalue weighted by atomic mass is 16.6. The number of nitro groups is 1. The minimum atomic E-state index is -0.790. The molecule has 1 heterocycles. The number of aromatic hydroxyl groups is 2. The van der Waals surface area contributed by atoms with Gasteiger partial charge >= 0.3 is 0 Å². The number of rotatable bonds is 7. The first-order valence-corrected chi connectivity index (χ1v) is 9.20. The Bertz CT molecular complexity index is 1180. The average molecular weight is 428 g/mol. The van der Waals surface area contributed by atoms with E-state index in [9.17, 15) is 35.2 Å². The lowest BCUT2D eigenvalue weighted by molar-refractivity contribution is -0.384. The van der Waals surface area contributed by atoms with Gasteiger partial charge < -0.3 is 15.5 Å². The molecule has 12 nitrogen and oxygen atoms in total. The SMILES string of the molecule is CCCCn1c(O)c(C#N)c(C)c(N=Nc2ccc([N+](=O)[O-])c(NC(C)=O)c2O)c1=O. The number of hydrogen-bond acceptors (Lipinski definition) is 9. The molecule has 12 heteroatoms. The molecule has 1 amide bonds. The Kier molecular flexibility index (Phi) is 7.04. The first kappa shape index (κ1) is 23.0. The lowest BCUT2D eigenvalue weighted by Crippen LogP contribution is -2.22. The average Bonchev–Trinajstić information content (AvgIpc) is 2.70. The van der Waals surface area contributed by atoms with E-state index in [0.717, 1.165) is 30.0 Å². The van der Waals surface area contributed by atoms with Gasteiger partial charge in [-0.05, 0) is 19.4 Å². The highest BCUT2D eigenvalue weighted by Gasteiger charge is 2.23. The van der Waals surface area contributed by atoms with Crippen molar-refractivity contribution in [3.8, 4) is 17.7 Å². The highest BCUT2D eigenvalue weighted by Crippen LogP contribution is 2.41. The summed E-state index contributed by atoms with van der Waals surface area (Å²) in [5.74, 6) is -1.83. The van der Waals surface area contributed by atoms with Crippen molar-refractivity contribution < 1.29 is 19.9 Å². The van der Waals surface area contributed by atoms with Crippen LogP contribution in [0.4, 0.5) is 22.7 Å². The molecule has 0 saturated carbocycles. The van der Waals surface area contributed by atoms with E-state index < -0.39 is 39.4 Å². The quantitative estimate of drug-likeness (QED) is 0.261. The fourth-order valence-electron chi connectivity index (χ4n) is 2.79. The summed E-state index contributed by atoms with van der Waals surface area (Å²) in [4.78, 5) is 34.5. The van der Waals surface area contributed by atoms with Gasteiger partial charge in [-0.1, -0.05) is 13.3 Å². The van der Waals surface area contributed by atoms with Gasteiger partial charge in [0.1, 0.15) is 17.3 Å². The largest absolute Gasteiger partial charge is 0.504 e. The van der Waals surface area contributed by atoms with E-state index in [2.05, 4.69) is 15.5 Å². The topological polar surface area (TPSA) is 183 Å². The Labute approximate surface area is 176 Å². The number of hydrogen-bond donors (Lipinski definition) is 3. The molecule has 2 aromatic rings. The number of carbonyl (C=O) groups is 1. The third kappa shape index (κ3) is 4.67. The molecule has 2 rings (SSSR count). The predicted octanol–water partition coefficient (Wildman–Crippen LogP) is 3.52. The van der Waals surface area contributed by atoms with Gasteiger partial charge in [-0.25, -0.2) is 0 Å². The predicted molar refractivity (Wildman–Crippen MR) is 110 cm³/mol. The van der Waals surface area contributed by atoms with Crippen molar-refractivity contribution in [2.45, 2.75) is 40.2 Å². The number of pyridine rings is 1. The molecular formula is C19H20N6O6. The number of aromatic nitrogens is 1. The summed E-state index contributed by atoms with van der Waals surface area (Å²) in [6, 6.07) is 3.94. The summed E-state index contributed by atoms with van der Waals surface area (Å²) in [5.41, 5.74) is -2.24. The van der Waals surface area contributed by atoms with E-state index in [4.69, 9.17) is 0 Å². The number of anilines is 1. The third-order valence-electron chi connectivity index (χ3n) is 4.39. The normalized spacial score (nSPS) is 10.8. The molecule has 1 aromatic heterocycles.